The molecule has 1 aliphatic rings. The molecule has 0 spiro atoms. The first-order chi connectivity index (χ1) is 9.55. The molecule has 2 heterocycles. The van der Waals surface area contributed by atoms with E-state index in [-0.39, 0.29) is 17.5 Å². The molecule has 0 radical (unpaired) electrons. The maximum absolute atomic E-state index is 11.5. The van der Waals surface area contributed by atoms with E-state index in [1.165, 1.54) is 0 Å². The van der Waals surface area contributed by atoms with Crippen molar-refractivity contribution in [2.75, 3.05) is 17.2 Å². The summed E-state index contributed by atoms with van der Waals surface area (Å²) >= 11 is 0. The number of sulfone groups is 1. The summed E-state index contributed by atoms with van der Waals surface area (Å²) in [4.78, 5) is 0. The molecule has 2 N–H and O–H groups in total. The van der Waals surface area contributed by atoms with Gasteiger partial charge in [-0.15, -0.1) is 5.10 Å². The number of tetrazole rings is 1. The van der Waals surface area contributed by atoms with Gasteiger partial charge in [-0.25, -0.2) is 13.1 Å². The maximum atomic E-state index is 11.5. The minimum Gasteiger partial charge on any atom is -0.399 e. The second kappa shape index (κ2) is 4.86. The van der Waals surface area contributed by atoms with Crippen LogP contribution in [0.25, 0.3) is 11.4 Å². The fourth-order valence-corrected chi connectivity index (χ4v) is 3.85. The third kappa shape index (κ3) is 2.51. The lowest BCUT2D eigenvalue weighted by Crippen LogP contribution is -2.26. The summed E-state index contributed by atoms with van der Waals surface area (Å²) in [5.74, 6) is 1.03. The van der Waals surface area contributed by atoms with Crippen LogP contribution in [0.3, 0.4) is 0 Å². The molecule has 0 amide bonds. The Morgan fingerprint density at radius 3 is 2.45 bits per heavy atom. The Morgan fingerprint density at radius 2 is 1.80 bits per heavy atom. The highest BCUT2D eigenvalue weighted by atomic mass is 32.2. The number of nitrogen functional groups attached to an aromatic ring is 1. The van der Waals surface area contributed by atoms with Crippen molar-refractivity contribution in [3.05, 3.63) is 24.3 Å². The van der Waals surface area contributed by atoms with Crippen LogP contribution >= 0.6 is 0 Å². The zero-order chi connectivity index (χ0) is 14.2. The van der Waals surface area contributed by atoms with Crippen LogP contribution in [0.2, 0.25) is 0 Å². The van der Waals surface area contributed by atoms with Gasteiger partial charge in [0.15, 0.2) is 5.82 Å². The lowest BCUT2D eigenvalue weighted by molar-refractivity contribution is 0.408. The van der Waals surface area contributed by atoms with Gasteiger partial charge in [-0.1, -0.05) is 0 Å². The van der Waals surface area contributed by atoms with Gasteiger partial charge < -0.3 is 5.73 Å². The number of benzene rings is 1. The van der Waals surface area contributed by atoms with Gasteiger partial charge >= 0.3 is 0 Å². The van der Waals surface area contributed by atoms with Gasteiger partial charge in [0.2, 0.25) is 0 Å². The highest BCUT2D eigenvalue weighted by Crippen LogP contribution is 2.27. The van der Waals surface area contributed by atoms with Crippen LogP contribution < -0.4 is 5.73 Å². The van der Waals surface area contributed by atoms with Crippen LogP contribution in [-0.4, -0.2) is 40.1 Å². The predicted octanol–water partition coefficient (Wildman–Crippen LogP) is 0.672. The summed E-state index contributed by atoms with van der Waals surface area (Å²) in [5, 5.41) is 11.8. The zero-order valence-electron chi connectivity index (χ0n) is 10.8. The molecule has 1 aromatic heterocycles. The number of aromatic nitrogens is 4. The first kappa shape index (κ1) is 13.0. The van der Waals surface area contributed by atoms with Crippen LogP contribution in [0.15, 0.2) is 24.3 Å². The number of anilines is 1. The molecule has 1 saturated heterocycles. The van der Waals surface area contributed by atoms with E-state index in [1.807, 2.05) is 12.1 Å². The van der Waals surface area contributed by atoms with E-state index in [4.69, 9.17) is 5.73 Å². The molecule has 3 rings (SSSR count). The fourth-order valence-electron chi connectivity index (χ4n) is 2.38. The van der Waals surface area contributed by atoms with E-state index in [1.54, 1.807) is 16.8 Å². The number of nitrogens with two attached hydrogens (primary N) is 1. The second-order valence-electron chi connectivity index (χ2n) is 4.95. The average molecular weight is 293 g/mol. The van der Waals surface area contributed by atoms with Crippen molar-refractivity contribution in [3.63, 3.8) is 0 Å². The van der Waals surface area contributed by atoms with Gasteiger partial charge in [-0.3, -0.25) is 0 Å². The Bertz CT molecular complexity index is 694. The average Bonchev–Trinajstić information content (AvgIpc) is 2.89. The molecule has 1 aromatic carbocycles. The van der Waals surface area contributed by atoms with Crippen molar-refractivity contribution in [2.24, 2.45) is 0 Å². The molecule has 0 bridgehead atoms. The fraction of sp³-hybridized carbons (Fsp3) is 0.417. The molecule has 2 aromatic rings. The summed E-state index contributed by atoms with van der Waals surface area (Å²) in [7, 11) is -2.89. The van der Waals surface area contributed by atoms with Gasteiger partial charge in [0.05, 0.1) is 17.5 Å². The molecule has 0 atom stereocenters. The van der Waals surface area contributed by atoms with Crippen molar-refractivity contribution in [2.45, 2.75) is 18.9 Å². The zero-order valence-corrected chi connectivity index (χ0v) is 11.6. The molecule has 106 valence electrons. The second-order valence-corrected chi connectivity index (χ2v) is 7.26. The molecule has 1 aliphatic heterocycles. The van der Waals surface area contributed by atoms with E-state index in [2.05, 4.69) is 15.5 Å². The van der Waals surface area contributed by atoms with E-state index in [0.29, 0.717) is 24.4 Å². The Labute approximate surface area is 116 Å². The smallest absolute Gasteiger partial charge is 0.182 e. The predicted molar refractivity (Wildman–Crippen MR) is 74.6 cm³/mol. The topological polar surface area (TPSA) is 104 Å². The van der Waals surface area contributed by atoms with Gasteiger partial charge in [-0.05, 0) is 47.5 Å². The SMILES string of the molecule is Nc1ccc(-c2nnnn2C2CCS(=O)(=O)CC2)cc1. The Balaban J connectivity index is 1.89. The third-order valence-electron chi connectivity index (χ3n) is 3.53. The van der Waals surface area contributed by atoms with Gasteiger partial charge in [0, 0.05) is 11.3 Å². The molecule has 8 heteroatoms. The molecular formula is C12H15N5O2S. The third-order valence-corrected chi connectivity index (χ3v) is 5.25. The van der Waals surface area contributed by atoms with E-state index in [9.17, 15) is 8.42 Å². The molecule has 1 fully saturated rings. The molecule has 20 heavy (non-hydrogen) atoms. The van der Waals surface area contributed by atoms with E-state index >= 15 is 0 Å². The highest BCUT2D eigenvalue weighted by molar-refractivity contribution is 7.91. The van der Waals surface area contributed by atoms with Crippen molar-refractivity contribution in [1.82, 2.24) is 20.2 Å². The minimum absolute atomic E-state index is 0.0288. The molecule has 0 unspecified atom stereocenters. The molecule has 7 nitrogen and oxygen atoms in total. The van der Waals surface area contributed by atoms with Crippen LogP contribution in [0.1, 0.15) is 18.9 Å². The first-order valence-corrected chi connectivity index (χ1v) is 8.21. The minimum atomic E-state index is -2.89. The number of hydrogen-bond donors (Lipinski definition) is 1. The molecule has 0 aliphatic carbocycles. The van der Waals surface area contributed by atoms with Gasteiger partial charge in [0.1, 0.15) is 9.84 Å². The van der Waals surface area contributed by atoms with Crippen molar-refractivity contribution in [1.29, 1.82) is 0 Å². The van der Waals surface area contributed by atoms with Crippen LogP contribution in [0.5, 0.6) is 0 Å². The van der Waals surface area contributed by atoms with Crippen LogP contribution in [0, 0.1) is 0 Å². The summed E-state index contributed by atoms with van der Waals surface area (Å²) in [6.45, 7) is 0. The normalized spacial score (nSPS) is 19.0. The Kier molecular flexibility index (Phi) is 3.17. The van der Waals surface area contributed by atoms with Crippen molar-refractivity contribution >= 4 is 15.5 Å². The quantitative estimate of drug-likeness (QED) is 0.816. The summed E-state index contributed by atoms with van der Waals surface area (Å²) in [5.41, 5.74) is 7.22. The lowest BCUT2D eigenvalue weighted by Gasteiger charge is -2.22. The van der Waals surface area contributed by atoms with Crippen molar-refractivity contribution in [3.8, 4) is 11.4 Å². The number of nitrogens with zero attached hydrogens (tertiary/aromatic N) is 4. The number of rotatable bonds is 2. The largest absolute Gasteiger partial charge is 0.399 e. The summed E-state index contributed by atoms with van der Waals surface area (Å²) in [6.07, 6.45) is 1.10. The maximum Gasteiger partial charge on any atom is 0.182 e. The Morgan fingerprint density at radius 1 is 1.15 bits per heavy atom. The highest BCUT2D eigenvalue weighted by Gasteiger charge is 2.27. The lowest BCUT2D eigenvalue weighted by atomic mass is 10.1. The molecular weight excluding hydrogens is 278 g/mol. The summed E-state index contributed by atoms with van der Waals surface area (Å²) < 4.78 is 24.7. The Hall–Kier alpha value is -1.96. The van der Waals surface area contributed by atoms with E-state index in [0.717, 1.165) is 5.56 Å². The summed E-state index contributed by atoms with van der Waals surface area (Å²) in [6, 6.07) is 7.33. The van der Waals surface area contributed by atoms with E-state index < -0.39 is 9.84 Å². The standard InChI is InChI=1S/C12H15N5O2S/c13-10-3-1-9(2-4-10)12-14-15-16-17(12)11-5-7-20(18,19)8-6-11/h1-4,11H,5-8,13H2. The monoisotopic (exact) mass is 293 g/mol. The van der Waals surface area contributed by atoms with Gasteiger partial charge in [0.25, 0.3) is 0 Å². The van der Waals surface area contributed by atoms with Crippen LogP contribution in [-0.2, 0) is 9.84 Å². The van der Waals surface area contributed by atoms with Gasteiger partial charge in [-0.2, -0.15) is 0 Å². The number of hydrogen-bond acceptors (Lipinski definition) is 6. The van der Waals surface area contributed by atoms with Crippen molar-refractivity contribution < 1.29 is 8.42 Å². The molecule has 0 saturated carbocycles. The van der Waals surface area contributed by atoms with Crippen LogP contribution in [0.4, 0.5) is 5.69 Å². The first-order valence-electron chi connectivity index (χ1n) is 6.39.